The lowest BCUT2D eigenvalue weighted by atomic mass is 9.94. The average Bonchev–Trinajstić information content (AvgIpc) is 3.30. The van der Waals surface area contributed by atoms with Gasteiger partial charge in [0, 0.05) is 6.54 Å². The van der Waals surface area contributed by atoms with E-state index in [2.05, 4.69) is 10.6 Å². The fourth-order valence-corrected chi connectivity index (χ4v) is 2.49. The largest absolute Gasteiger partial charge is 0.465 e. The average molecular weight is 378 g/mol. The monoisotopic (exact) mass is 378 g/mol. The van der Waals surface area contributed by atoms with Gasteiger partial charge >= 0.3 is 12.2 Å². The normalized spacial score (nSPS) is 19.7. The fourth-order valence-electron chi connectivity index (χ4n) is 2.49. The Labute approximate surface area is 158 Å². The van der Waals surface area contributed by atoms with Crippen molar-refractivity contribution in [1.82, 2.24) is 10.6 Å². The van der Waals surface area contributed by atoms with E-state index in [0.717, 1.165) is 11.1 Å². The fraction of sp³-hybridized carbons (Fsp3) is 0.526. The first-order valence-corrected chi connectivity index (χ1v) is 8.71. The number of amides is 2. The number of alkyl carbamates (subject to hydrolysis) is 1. The Bertz CT molecular complexity index is 704. The van der Waals surface area contributed by atoms with Crippen LogP contribution in [0.5, 0.6) is 0 Å². The number of carbonyl (C=O) groups is 3. The number of carboxylic acid groups (broad SMARTS) is 1. The van der Waals surface area contributed by atoms with Gasteiger partial charge < -0.3 is 25.2 Å². The minimum absolute atomic E-state index is 0.226. The van der Waals surface area contributed by atoms with Gasteiger partial charge in [-0.05, 0) is 45.2 Å². The van der Waals surface area contributed by atoms with Crippen LogP contribution in [-0.4, -0.2) is 46.9 Å². The first kappa shape index (κ1) is 20.7. The molecule has 27 heavy (non-hydrogen) atoms. The summed E-state index contributed by atoms with van der Waals surface area (Å²) in [5, 5.41) is 13.9. The smallest absolute Gasteiger partial charge is 0.407 e. The van der Waals surface area contributed by atoms with Gasteiger partial charge in [-0.15, -0.1) is 0 Å². The number of Topliss-reactive ketones (excluding diaryl/α,β-unsaturated/α-hetero) is 1. The van der Waals surface area contributed by atoms with Crippen LogP contribution >= 0.6 is 0 Å². The molecule has 0 spiro atoms. The molecule has 1 aliphatic heterocycles. The third kappa shape index (κ3) is 6.56. The van der Waals surface area contributed by atoms with E-state index >= 15 is 0 Å². The number of hydrogen-bond donors (Lipinski definition) is 3. The van der Waals surface area contributed by atoms with Gasteiger partial charge in [0.15, 0.2) is 5.78 Å². The van der Waals surface area contributed by atoms with Crippen molar-refractivity contribution in [3.8, 4) is 0 Å². The number of ketones is 1. The maximum atomic E-state index is 12.4. The van der Waals surface area contributed by atoms with Gasteiger partial charge in [-0.3, -0.25) is 4.79 Å². The number of ether oxygens (including phenoxy) is 2. The first-order chi connectivity index (χ1) is 12.5. The van der Waals surface area contributed by atoms with Crippen LogP contribution in [0.2, 0.25) is 0 Å². The molecule has 1 aromatic rings. The number of hydrogen-bond acceptors (Lipinski definition) is 5. The molecule has 0 radical (unpaired) electrons. The molecule has 1 saturated heterocycles. The number of carbonyl (C=O) groups excluding carboxylic acids is 2. The number of epoxide rings is 1. The third-order valence-electron chi connectivity index (χ3n) is 4.01. The topological polar surface area (TPSA) is 117 Å². The summed E-state index contributed by atoms with van der Waals surface area (Å²) in [5.41, 5.74) is 0.197. The van der Waals surface area contributed by atoms with Crippen molar-refractivity contribution >= 4 is 18.0 Å². The molecular weight excluding hydrogens is 352 g/mol. The second kappa shape index (κ2) is 7.96. The molecule has 2 amide bonds. The van der Waals surface area contributed by atoms with Crippen LogP contribution in [0.3, 0.4) is 0 Å². The molecule has 3 N–H and O–H groups in total. The Hall–Kier alpha value is -2.61. The van der Waals surface area contributed by atoms with E-state index in [1.807, 2.05) is 12.1 Å². The van der Waals surface area contributed by atoms with Crippen molar-refractivity contribution in [1.29, 1.82) is 0 Å². The van der Waals surface area contributed by atoms with E-state index in [4.69, 9.17) is 14.6 Å². The highest BCUT2D eigenvalue weighted by Gasteiger charge is 2.50. The highest BCUT2D eigenvalue weighted by atomic mass is 16.6. The molecular formula is C19H26N2O6. The number of rotatable bonds is 7. The maximum Gasteiger partial charge on any atom is 0.407 e. The van der Waals surface area contributed by atoms with Crippen molar-refractivity contribution in [3.05, 3.63) is 35.4 Å². The molecule has 0 aliphatic carbocycles. The van der Waals surface area contributed by atoms with Gasteiger partial charge in [-0.1, -0.05) is 24.3 Å². The highest BCUT2D eigenvalue weighted by molar-refractivity contribution is 5.95. The van der Waals surface area contributed by atoms with Crippen molar-refractivity contribution in [2.45, 2.75) is 57.9 Å². The van der Waals surface area contributed by atoms with Gasteiger partial charge in [-0.25, -0.2) is 9.59 Å². The minimum atomic E-state index is -1.25. The van der Waals surface area contributed by atoms with Crippen LogP contribution in [0.15, 0.2) is 24.3 Å². The first-order valence-electron chi connectivity index (χ1n) is 8.71. The number of nitrogens with one attached hydrogen (secondary N) is 2. The van der Waals surface area contributed by atoms with Gasteiger partial charge in [-0.2, -0.15) is 0 Å². The summed E-state index contributed by atoms with van der Waals surface area (Å²) in [4.78, 5) is 35.1. The van der Waals surface area contributed by atoms with Crippen LogP contribution in [0.4, 0.5) is 9.59 Å². The summed E-state index contributed by atoms with van der Waals surface area (Å²) in [7, 11) is 0. The van der Waals surface area contributed by atoms with Gasteiger partial charge in [0.2, 0.25) is 0 Å². The van der Waals surface area contributed by atoms with E-state index < -0.39 is 29.4 Å². The summed E-state index contributed by atoms with van der Waals surface area (Å²) < 4.78 is 10.3. The van der Waals surface area contributed by atoms with Crippen LogP contribution in [0.1, 0.15) is 38.8 Å². The molecule has 0 saturated carbocycles. The summed E-state index contributed by atoms with van der Waals surface area (Å²) in [6.07, 6.45) is -1.53. The molecule has 8 nitrogen and oxygen atoms in total. The zero-order valence-corrected chi connectivity index (χ0v) is 16.0. The predicted octanol–water partition coefficient (Wildman–Crippen LogP) is 2.25. The lowest BCUT2D eigenvalue weighted by Crippen LogP contribution is -2.46. The zero-order chi connectivity index (χ0) is 20.2. The van der Waals surface area contributed by atoms with E-state index in [-0.39, 0.29) is 12.2 Å². The summed E-state index contributed by atoms with van der Waals surface area (Å²) >= 11 is 0. The molecule has 1 fully saturated rings. The van der Waals surface area contributed by atoms with Crippen molar-refractivity contribution in [3.63, 3.8) is 0 Å². The Kier molecular flexibility index (Phi) is 6.10. The van der Waals surface area contributed by atoms with E-state index in [1.54, 1.807) is 39.8 Å². The summed E-state index contributed by atoms with van der Waals surface area (Å²) in [6, 6.07) is 6.34. The molecule has 0 bridgehead atoms. The van der Waals surface area contributed by atoms with Crippen LogP contribution in [0, 0.1) is 0 Å². The molecule has 148 valence electrons. The van der Waals surface area contributed by atoms with Crippen LogP contribution in [-0.2, 0) is 27.2 Å². The van der Waals surface area contributed by atoms with Crippen molar-refractivity contribution in [2.24, 2.45) is 0 Å². The molecule has 1 heterocycles. The van der Waals surface area contributed by atoms with Crippen LogP contribution < -0.4 is 10.6 Å². The van der Waals surface area contributed by atoms with Gasteiger partial charge in [0.25, 0.3) is 0 Å². The molecule has 1 aromatic carbocycles. The second-order valence-electron chi connectivity index (χ2n) is 7.76. The second-order valence-corrected chi connectivity index (χ2v) is 7.76. The molecule has 2 unspecified atom stereocenters. The van der Waals surface area contributed by atoms with Crippen molar-refractivity contribution < 1.29 is 29.0 Å². The van der Waals surface area contributed by atoms with Gasteiger partial charge in [0.05, 0.1) is 12.6 Å². The quantitative estimate of drug-likeness (QED) is 0.627. The SMILES string of the molecule is CC(C)(C)OC(=O)NCc1ccc(CC(NC(=O)O)C(=O)C2(C)CO2)cc1. The molecule has 0 aromatic heterocycles. The summed E-state index contributed by atoms with van der Waals surface area (Å²) in [5.74, 6) is -0.277. The third-order valence-corrected chi connectivity index (χ3v) is 4.01. The summed E-state index contributed by atoms with van der Waals surface area (Å²) in [6.45, 7) is 7.62. The molecule has 2 atom stereocenters. The Balaban J connectivity index is 1.93. The highest BCUT2D eigenvalue weighted by Crippen LogP contribution is 2.29. The van der Waals surface area contributed by atoms with Crippen LogP contribution in [0.25, 0.3) is 0 Å². The van der Waals surface area contributed by atoms with E-state index in [1.165, 1.54) is 0 Å². The van der Waals surface area contributed by atoms with E-state index in [9.17, 15) is 14.4 Å². The van der Waals surface area contributed by atoms with E-state index in [0.29, 0.717) is 13.2 Å². The van der Waals surface area contributed by atoms with Gasteiger partial charge in [0.1, 0.15) is 11.2 Å². The lowest BCUT2D eigenvalue weighted by molar-refractivity contribution is -0.125. The predicted molar refractivity (Wildman–Crippen MR) is 97.5 cm³/mol. The standard InChI is InChI=1S/C19H26N2O6/c1-18(2,3)27-17(25)20-10-13-7-5-12(6-8-13)9-14(21-16(23)24)15(22)19(4)11-26-19/h5-8,14,21H,9-11H2,1-4H3,(H,20,25)(H,23,24). The molecule has 8 heteroatoms. The Morgan fingerprint density at radius 2 is 1.78 bits per heavy atom. The lowest BCUT2D eigenvalue weighted by Gasteiger charge is -2.20. The number of benzene rings is 1. The maximum absolute atomic E-state index is 12.4. The Morgan fingerprint density at radius 1 is 1.22 bits per heavy atom. The molecule has 1 aliphatic rings. The zero-order valence-electron chi connectivity index (χ0n) is 16.0. The molecule has 2 rings (SSSR count). The minimum Gasteiger partial charge on any atom is -0.465 e. The van der Waals surface area contributed by atoms with Crippen molar-refractivity contribution in [2.75, 3.05) is 6.61 Å². The Morgan fingerprint density at radius 3 is 2.26 bits per heavy atom.